The summed E-state index contributed by atoms with van der Waals surface area (Å²) >= 11 is 0. The Morgan fingerprint density at radius 3 is 2.70 bits per heavy atom. The van der Waals surface area contributed by atoms with Crippen LogP contribution in [0.2, 0.25) is 0 Å². The number of hydrogen-bond acceptors (Lipinski definition) is 7. The summed E-state index contributed by atoms with van der Waals surface area (Å²) in [6.07, 6.45) is -0.509. The predicted octanol–water partition coefficient (Wildman–Crippen LogP) is 0.511. The van der Waals surface area contributed by atoms with Gasteiger partial charge in [0.2, 0.25) is 15.9 Å². The van der Waals surface area contributed by atoms with Gasteiger partial charge in [-0.25, -0.2) is 8.42 Å². The van der Waals surface area contributed by atoms with E-state index >= 15 is 0 Å². The molecule has 2 unspecified atom stereocenters. The molecule has 1 aliphatic heterocycles. The number of aliphatic hydroxyl groups is 1. The summed E-state index contributed by atoms with van der Waals surface area (Å²) in [7, 11) is -4.16. The molecule has 3 N–H and O–H groups in total. The Bertz CT molecular complexity index is 797. The number of carbonyl (C=O) groups is 1. The number of nitro groups is 1. The summed E-state index contributed by atoms with van der Waals surface area (Å²) in [4.78, 5) is 22.4. The smallest absolute Gasteiger partial charge is 0.270 e. The van der Waals surface area contributed by atoms with Crippen molar-refractivity contribution in [1.82, 2.24) is 10.0 Å². The van der Waals surface area contributed by atoms with Crippen molar-refractivity contribution in [1.29, 1.82) is 0 Å². The van der Waals surface area contributed by atoms with E-state index in [0.29, 0.717) is 13.0 Å². The molecule has 1 heterocycles. The quantitative estimate of drug-likeness (QED) is 0.424. The van der Waals surface area contributed by atoms with Gasteiger partial charge in [-0.1, -0.05) is 19.9 Å². The number of nitro benzene ring substituents is 1. The van der Waals surface area contributed by atoms with Gasteiger partial charge in [-0.05, 0) is 24.8 Å². The minimum Gasteiger partial charge on any atom is -0.366 e. The molecule has 1 amide bonds. The lowest BCUT2D eigenvalue weighted by molar-refractivity contribution is -0.385. The molecule has 0 bridgehead atoms. The van der Waals surface area contributed by atoms with Crippen LogP contribution in [0.3, 0.4) is 0 Å². The maximum absolute atomic E-state index is 12.6. The van der Waals surface area contributed by atoms with Crippen molar-refractivity contribution >= 4 is 21.6 Å². The normalized spacial score (nSPS) is 21.2. The highest BCUT2D eigenvalue weighted by molar-refractivity contribution is 7.89. The van der Waals surface area contributed by atoms with Gasteiger partial charge < -0.3 is 15.2 Å². The number of hydrogen-bond donors (Lipinski definition) is 3. The van der Waals surface area contributed by atoms with Crippen LogP contribution in [-0.2, 0) is 19.6 Å². The Labute approximate surface area is 157 Å². The summed E-state index contributed by atoms with van der Waals surface area (Å²) in [5.74, 6) is -0.592. The highest BCUT2D eigenvalue weighted by Crippen LogP contribution is 2.19. The van der Waals surface area contributed by atoms with Gasteiger partial charge in [0, 0.05) is 12.1 Å². The van der Waals surface area contributed by atoms with Gasteiger partial charge in [0.25, 0.3) is 5.69 Å². The van der Waals surface area contributed by atoms with Crippen LogP contribution in [0.1, 0.15) is 26.7 Å². The summed E-state index contributed by atoms with van der Waals surface area (Å²) in [5.41, 5.74) is -0.367. The minimum atomic E-state index is -4.16. The predicted molar refractivity (Wildman–Crippen MR) is 95.2 cm³/mol. The fourth-order valence-corrected chi connectivity index (χ4v) is 3.95. The molecule has 11 heteroatoms. The second-order valence-corrected chi connectivity index (χ2v) is 8.44. The van der Waals surface area contributed by atoms with Crippen molar-refractivity contribution in [2.75, 3.05) is 6.61 Å². The van der Waals surface area contributed by atoms with E-state index in [1.165, 1.54) is 18.2 Å². The van der Waals surface area contributed by atoms with E-state index < -0.39 is 39.2 Å². The molecule has 1 aromatic rings. The zero-order chi connectivity index (χ0) is 20.2. The number of non-ortho nitro benzene ring substituents is 1. The first-order valence-corrected chi connectivity index (χ1v) is 9.95. The third kappa shape index (κ3) is 5.70. The van der Waals surface area contributed by atoms with Crippen molar-refractivity contribution in [2.45, 2.75) is 50.0 Å². The van der Waals surface area contributed by atoms with Crippen LogP contribution in [0.25, 0.3) is 0 Å². The molecule has 0 spiro atoms. The molecule has 2 rings (SSSR count). The van der Waals surface area contributed by atoms with Crippen molar-refractivity contribution < 1.29 is 28.0 Å². The Balaban J connectivity index is 2.19. The second-order valence-electron chi connectivity index (χ2n) is 6.72. The number of ether oxygens (including phenoxy) is 1. The molecule has 0 aromatic heterocycles. The number of carbonyl (C=O) groups excluding carboxylic acids is 1. The van der Waals surface area contributed by atoms with Gasteiger partial charge in [-0.3, -0.25) is 14.9 Å². The number of nitrogens with zero attached hydrogens (tertiary/aromatic N) is 1. The molecule has 1 aliphatic rings. The van der Waals surface area contributed by atoms with E-state index in [1.807, 2.05) is 13.8 Å². The summed E-state index contributed by atoms with van der Waals surface area (Å²) < 4.78 is 32.5. The summed E-state index contributed by atoms with van der Waals surface area (Å²) in [6, 6.07) is 2.88. The monoisotopic (exact) mass is 401 g/mol. The molecule has 0 saturated carbocycles. The van der Waals surface area contributed by atoms with Crippen molar-refractivity contribution in [3.63, 3.8) is 0 Å². The molecule has 1 aromatic carbocycles. The van der Waals surface area contributed by atoms with Gasteiger partial charge in [0.05, 0.1) is 22.5 Å². The Morgan fingerprint density at radius 2 is 2.15 bits per heavy atom. The van der Waals surface area contributed by atoms with Crippen molar-refractivity contribution in [3.8, 4) is 0 Å². The average Bonchev–Trinajstić information content (AvgIpc) is 2.98. The third-order valence-electron chi connectivity index (χ3n) is 4.05. The lowest BCUT2D eigenvalue weighted by atomic mass is 10.0. The molecule has 150 valence electrons. The van der Waals surface area contributed by atoms with E-state index in [0.717, 1.165) is 6.07 Å². The molecule has 0 aliphatic carbocycles. The first kappa shape index (κ1) is 21.2. The highest BCUT2D eigenvalue weighted by Gasteiger charge is 2.32. The van der Waals surface area contributed by atoms with Crippen molar-refractivity contribution in [2.24, 2.45) is 5.92 Å². The molecule has 27 heavy (non-hydrogen) atoms. The van der Waals surface area contributed by atoms with Crippen LogP contribution in [0.4, 0.5) is 5.69 Å². The topological polar surface area (TPSA) is 148 Å². The van der Waals surface area contributed by atoms with Gasteiger partial charge >= 0.3 is 0 Å². The van der Waals surface area contributed by atoms with E-state index in [2.05, 4.69) is 10.0 Å². The van der Waals surface area contributed by atoms with Gasteiger partial charge in [-0.15, -0.1) is 0 Å². The molecular weight excluding hydrogens is 378 g/mol. The third-order valence-corrected chi connectivity index (χ3v) is 5.52. The van der Waals surface area contributed by atoms with E-state index in [-0.39, 0.29) is 22.9 Å². The first-order valence-electron chi connectivity index (χ1n) is 8.47. The zero-order valence-corrected chi connectivity index (χ0v) is 15.8. The molecule has 0 radical (unpaired) electrons. The van der Waals surface area contributed by atoms with Gasteiger partial charge in [-0.2, -0.15) is 4.72 Å². The van der Waals surface area contributed by atoms with Crippen LogP contribution in [0, 0.1) is 16.0 Å². The molecule has 10 nitrogen and oxygen atoms in total. The van der Waals surface area contributed by atoms with Crippen LogP contribution < -0.4 is 10.0 Å². The summed E-state index contributed by atoms with van der Waals surface area (Å²) in [6.45, 7) is 3.95. The van der Waals surface area contributed by atoms with Crippen LogP contribution in [-0.4, -0.2) is 49.3 Å². The standard InChI is InChI=1S/C16H23N3O7S/c1-10(2)8-14(15(20)17-13-6-7-26-16(13)21)18-27(24,25)12-5-3-4-11(9-12)19(22)23/h3-5,9-10,13-14,16,18,21H,6-8H2,1-2H3,(H,17,20)/t13-,14?,16?/m0/s1. The number of sulfonamides is 1. The van der Waals surface area contributed by atoms with E-state index in [1.54, 1.807) is 0 Å². The number of aliphatic hydroxyl groups excluding tert-OH is 1. The number of amides is 1. The minimum absolute atomic E-state index is 0.00156. The first-order chi connectivity index (χ1) is 12.6. The lowest BCUT2D eigenvalue weighted by Crippen LogP contribution is -2.51. The molecule has 1 saturated heterocycles. The van der Waals surface area contributed by atoms with Crippen LogP contribution in [0.5, 0.6) is 0 Å². The van der Waals surface area contributed by atoms with Crippen molar-refractivity contribution in [3.05, 3.63) is 34.4 Å². The van der Waals surface area contributed by atoms with Gasteiger partial charge in [0.1, 0.15) is 6.04 Å². The molecule has 1 fully saturated rings. The fourth-order valence-electron chi connectivity index (χ4n) is 2.70. The maximum atomic E-state index is 12.6. The second kappa shape index (κ2) is 8.74. The SMILES string of the molecule is CC(C)CC(NS(=O)(=O)c1cccc([N+](=O)[O-])c1)C(=O)N[C@H]1CCOC1O. The number of benzene rings is 1. The fraction of sp³-hybridized carbons (Fsp3) is 0.562. The Kier molecular flexibility index (Phi) is 6.87. The Hall–Kier alpha value is -2.08. The lowest BCUT2D eigenvalue weighted by Gasteiger charge is -2.23. The largest absolute Gasteiger partial charge is 0.366 e. The van der Waals surface area contributed by atoms with Crippen LogP contribution >= 0.6 is 0 Å². The summed E-state index contributed by atoms with van der Waals surface area (Å²) in [5, 5.41) is 23.1. The Morgan fingerprint density at radius 1 is 1.44 bits per heavy atom. The number of rotatable bonds is 8. The number of nitrogens with one attached hydrogen (secondary N) is 2. The van der Waals surface area contributed by atoms with Crippen LogP contribution in [0.15, 0.2) is 29.2 Å². The van der Waals surface area contributed by atoms with E-state index in [9.17, 15) is 28.4 Å². The molecular formula is C16H23N3O7S. The van der Waals surface area contributed by atoms with E-state index in [4.69, 9.17) is 4.74 Å². The molecule has 3 atom stereocenters. The highest BCUT2D eigenvalue weighted by atomic mass is 32.2. The average molecular weight is 401 g/mol. The zero-order valence-electron chi connectivity index (χ0n) is 15.0. The van der Waals surface area contributed by atoms with Gasteiger partial charge in [0.15, 0.2) is 6.29 Å². The maximum Gasteiger partial charge on any atom is 0.270 e.